The second-order valence-corrected chi connectivity index (χ2v) is 8.40. The molecule has 4 aromatic rings. The summed E-state index contributed by atoms with van der Waals surface area (Å²) in [6, 6.07) is 15.1. The van der Waals surface area contributed by atoms with E-state index in [4.69, 9.17) is 4.98 Å². The number of halogens is 2. The van der Waals surface area contributed by atoms with Crippen LogP contribution in [0.1, 0.15) is 36.9 Å². The molecular weight excluding hydrogens is 408 g/mol. The second kappa shape index (κ2) is 8.45. The van der Waals surface area contributed by atoms with Gasteiger partial charge in [-0.2, -0.15) is 0 Å². The summed E-state index contributed by atoms with van der Waals surface area (Å²) >= 11 is 0. The van der Waals surface area contributed by atoms with Crippen molar-refractivity contribution in [3.05, 3.63) is 83.7 Å². The number of aliphatic hydroxyl groups is 1. The SMILES string of the molecule is CC(c1ccc(-c2cn3cc(-c4ccc(F)c(CO)c4F)ccc3n2)cc1)N1CCCC1. The summed E-state index contributed by atoms with van der Waals surface area (Å²) in [5.74, 6) is -1.49. The molecule has 1 aliphatic rings. The Morgan fingerprint density at radius 1 is 0.938 bits per heavy atom. The largest absolute Gasteiger partial charge is 0.391 e. The Kier molecular flexibility index (Phi) is 5.49. The molecule has 0 amide bonds. The van der Waals surface area contributed by atoms with Crippen molar-refractivity contribution < 1.29 is 13.9 Å². The molecule has 1 unspecified atom stereocenters. The molecule has 1 fully saturated rings. The molecule has 1 N–H and O–H groups in total. The number of pyridine rings is 1. The third kappa shape index (κ3) is 3.70. The van der Waals surface area contributed by atoms with Crippen molar-refractivity contribution in [3.63, 3.8) is 0 Å². The van der Waals surface area contributed by atoms with Crippen molar-refractivity contribution in [2.45, 2.75) is 32.4 Å². The van der Waals surface area contributed by atoms with Crippen molar-refractivity contribution in [2.24, 2.45) is 0 Å². The Labute approximate surface area is 185 Å². The van der Waals surface area contributed by atoms with Gasteiger partial charge in [0.15, 0.2) is 0 Å². The van der Waals surface area contributed by atoms with Crippen molar-refractivity contribution in [1.82, 2.24) is 14.3 Å². The van der Waals surface area contributed by atoms with E-state index in [0.717, 1.165) is 30.0 Å². The Balaban J connectivity index is 1.44. The normalized spacial score (nSPS) is 15.5. The van der Waals surface area contributed by atoms with E-state index in [1.807, 2.05) is 16.7 Å². The Bertz CT molecular complexity index is 1260. The van der Waals surface area contributed by atoms with Crippen LogP contribution < -0.4 is 0 Å². The molecule has 1 saturated heterocycles. The third-order valence-corrected chi connectivity index (χ3v) is 6.48. The minimum absolute atomic E-state index is 0.243. The molecule has 2 aromatic heterocycles. The molecule has 1 aliphatic heterocycles. The predicted octanol–water partition coefficient (Wildman–Crippen LogP) is 5.60. The molecule has 1 atom stereocenters. The van der Waals surface area contributed by atoms with Gasteiger partial charge in [-0.05, 0) is 62.7 Å². The standard InChI is InChI=1S/C26H25F2N3O/c1-17(30-12-2-3-13-30)18-4-6-19(7-5-18)24-15-31-14-20(8-11-25(31)29-24)21-9-10-23(27)22(16-32)26(21)28/h4-11,14-15,17,32H,2-3,12-13,16H2,1H3. The maximum atomic E-state index is 14.7. The molecule has 2 aromatic carbocycles. The van der Waals surface area contributed by atoms with Crippen molar-refractivity contribution in [2.75, 3.05) is 13.1 Å². The van der Waals surface area contributed by atoms with Crippen molar-refractivity contribution in [3.8, 4) is 22.4 Å². The predicted molar refractivity (Wildman–Crippen MR) is 121 cm³/mol. The highest BCUT2D eigenvalue weighted by Gasteiger charge is 2.19. The fourth-order valence-electron chi connectivity index (χ4n) is 4.53. The van der Waals surface area contributed by atoms with Crippen molar-refractivity contribution in [1.29, 1.82) is 0 Å². The lowest BCUT2D eigenvalue weighted by Gasteiger charge is -2.24. The first kappa shape index (κ1) is 20.8. The van der Waals surface area contributed by atoms with Crippen LogP contribution in [-0.2, 0) is 6.61 Å². The zero-order chi connectivity index (χ0) is 22.2. The summed E-state index contributed by atoms with van der Waals surface area (Å²) in [6.07, 6.45) is 6.23. The monoisotopic (exact) mass is 433 g/mol. The Hall–Kier alpha value is -3.09. The molecule has 6 heteroatoms. The molecule has 4 nitrogen and oxygen atoms in total. The molecule has 0 aliphatic carbocycles. The van der Waals surface area contributed by atoms with Crippen LogP contribution in [0.15, 0.2) is 60.9 Å². The van der Waals surface area contributed by atoms with Gasteiger partial charge >= 0.3 is 0 Å². The molecule has 164 valence electrons. The van der Waals surface area contributed by atoms with Gasteiger partial charge in [-0.3, -0.25) is 4.90 Å². The van der Waals surface area contributed by atoms with Gasteiger partial charge in [-0.25, -0.2) is 13.8 Å². The molecule has 3 heterocycles. The van der Waals surface area contributed by atoms with Crippen LogP contribution in [0.2, 0.25) is 0 Å². The number of aromatic nitrogens is 2. The van der Waals surface area contributed by atoms with Gasteiger partial charge < -0.3 is 9.51 Å². The van der Waals surface area contributed by atoms with Crippen LogP contribution in [0.4, 0.5) is 8.78 Å². The number of likely N-dealkylation sites (tertiary alicyclic amines) is 1. The highest BCUT2D eigenvalue weighted by Crippen LogP contribution is 2.30. The highest BCUT2D eigenvalue weighted by atomic mass is 19.1. The van der Waals surface area contributed by atoms with E-state index in [1.54, 1.807) is 12.3 Å². The number of nitrogens with zero attached hydrogens (tertiary/aromatic N) is 3. The van der Waals surface area contributed by atoms with E-state index in [-0.39, 0.29) is 11.1 Å². The van der Waals surface area contributed by atoms with Crippen LogP contribution in [0.3, 0.4) is 0 Å². The number of benzene rings is 2. The van der Waals surface area contributed by atoms with Crippen LogP contribution >= 0.6 is 0 Å². The number of rotatable bonds is 5. The minimum Gasteiger partial charge on any atom is -0.391 e. The number of hydrogen-bond acceptors (Lipinski definition) is 3. The van der Waals surface area contributed by atoms with Gasteiger partial charge in [-0.15, -0.1) is 0 Å². The zero-order valence-corrected chi connectivity index (χ0v) is 17.9. The van der Waals surface area contributed by atoms with Crippen LogP contribution in [0, 0.1) is 11.6 Å². The van der Waals surface area contributed by atoms with Gasteiger partial charge in [0.2, 0.25) is 0 Å². The number of fused-ring (bicyclic) bond motifs is 1. The molecule has 0 spiro atoms. The van der Waals surface area contributed by atoms with E-state index in [1.165, 1.54) is 30.5 Å². The fraction of sp³-hybridized carbons (Fsp3) is 0.269. The lowest BCUT2D eigenvalue weighted by molar-refractivity contribution is 0.263. The van der Waals surface area contributed by atoms with Crippen LogP contribution in [0.5, 0.6) is 0 Å². The number of aliphatic hydroxyl groups excluding tert-OH is 1. The molecule has 0 saturated carbocycles. The average molecular weight is 434 g/mol. The fourth-order valence-corrected chi connectivity index (χ4v) is 4.53. The van der Waals surface area contributed by atoms with Crippen LogP contribution in [0.25, 0.3) is 28.0 Å². The quantitative estimate of drug-likeness (QED) is 0.446. The van der Waals surface area contributed by atoms with Gasteiger partial charge in [0.05, 0.1) is 12.3 Å². The maximum absolute atomic E-state index is 14.7. The topological polar surface area (TPSA) is 40.8 Å². The smallest absolute Gasteiger partial charge is 0.139 e. The van der Waals surface area contributed by atoms with Gasteiger partial charge in [0.1, 0.15) is 17.3 Å². The van der Waals surface area contributed by atoms with Crippen LogP contribution in [-0.4, -0.2) is 32.5 Å². The first-order valence-corrected chi connectivity index (χ1v) is 11.0. The summed E-state index contributed by atoms with van der Waals surface area (Å²) < 4.78 is 30.3. The first-order chi connectivity index (χ1) is 15.5. The lowest BCUT2D eigenvalue weighted by Crippen LogP contribution is -2.23. The first-order valence-electron chi connectivity index (χ1n) is 11.0. The van der Waals surface area contributed by atoms with Gasteiger partial charge in [0, 0.05) is 40.7 Å². The second-order valence-electron chi connectivity index (χ2n) is 8.40. The van der Waals surface area contributed by atoms with E-state index in [2.05, 4.69) is 36.1 Å². The van der Waals surface area contributed by atoms with E-state index >= 15 is 0 Å². The molecule has 32 heavy (non-hydrogen) atoms. The summed E-state index contributed by atoms with van der Waals surface area (Å²) in [7, 11) is 0. The average Bonchev–Trinajstić information content (AvgIpc) is 3.49. The summed E-state index contributed by atoms with van der Waals surface area (Å²) in [5, 5.41) is 9.29. The molecular formula is C26H25F2N3O. The van der Waals surface area contributed by atoms with Gasteiger partial charge in [-0.1, -0.05) is 24.3 Å². The van der Waals surface area contributed by atoms with E-state index in [9.17, 15) is 13.9 Å². The molecule has 0 radical (unpaired) electrons. The van der Waals surface area contributed by atoms with E-state index in [0.29, 0.717) is 11.6 Å². The summed E-state index contributed by atoms with van der Waals surface area (Å²) in [6.45, 7) is 3.89. The number of hydrogen-bond donors (Lipinski definition) is 1. The minimum atomic E-state index is -0.748. The third-order valence-electron chi connectivity index (χ3n) is 6.48. The van der Waals surface area contributed by atoms with Crippen molar-refractivity contribution >= 4 is 5.65 Å². The Morgan fingerprint density at radius 2 is 1.66 bits per heavy atom. The molecule has 5 rings (SSSR count). The molecule has 0 bridgehead atoms. The maximum Gasteiger partial charge on any atom is 0.139 e. The Morgan fingerprint density at radius 3 is 2.38 bits per heavy atom. The summed E-state index contributed by atoms with van der Waals surface area (Å²) in [4.78, 5) is 7.21. The van der Waals surface area contributed by atoms with Gasteiger partial charge in [0.25, 0.3) is 0 Å². The summed E-state index contributed by atoms with van der Waals surface area (Å²) in [5.41, 5.74) is 4.39. The van der Waals surface area contributed by atoms with E-state index < -0.39 is 18.2 Å². The lowest BCUT2D eigenvalue weighted by atomic mass is 10.0. The zero-order valence-electron chi connectivity index (χ0n) is 17.9. The number of imidazole rings is 1. The highest BCUT2D eigenvalue weighted by molar-refractivity contribution is 5.69.